The molecule has 1 heterocycles. The summed E-state index contributed by atoms with van der Waals surface area (Å²) >= 11 is 0. The molecule has 1 aliphatic rings. The van der Waals surface area contributed by atoms with E-state index in [1.165, 1.54) is 0 Å². The van der Waals surface area contributed by atoms with Crippen LogP contribution in [-0.2, 0) is 6.42 Å². The zero-order chi connectivity index (χ0) is 13.0. The maximum absolute atomic E-state index is 12.0. The standard InChI is InChI=1S/C14H20N2O2/c1-10(8-15)9-16-14(17)12-4-5-13-11(7-12)3-2-6-18-13/h4-5,7,10H,2-3,6,8-9,15H2,1H3,(H,16,17). The zero-order valence-electron chi connectivity index (χ0n) is 10.7. The van der Waals surface area contributed by atoms with E-state index in [2.05, 4.69) is 5.32 Å². The van der Waals surface area contributed by atoms with Gasteiger partial charge in [0.1, 0.15) is 5.75 Å². The SMILES string of the molecule is CC(CN)CNC(=O)c1ccc2c(c1)CCCO2. The summed E-state index contributed by atoms with van der Waals surface area (Å²) < 4.78 is 5.53. The third kappa shape index (κ3) is 3.01. The van der Waals surface area contributed by atoms with E-state index >= 15 is 0 Å². The van der Waals surface area contributed by atoms with Crippen LogP contribution in [0.25, 0.3) is 0 Å². The van der Waals surface area contributed by atoms with Crippen LogP contribution in [0.5, 0.6) is 5.75 Å². The van der Waals surface area contributed by atoms with Crippen LogP contribution >= 0.6 is 0 Å². The van der Waals surface area contributed by atoms with Crippen molar-refractivity contribution >= 4 is 5.91 Å². The number of fused-ring (bicyclic) bond motifs is 1. The van der Waals surface area contributed by atoms with Crippen LogP contribution in [0.1, 0.15) is 29.3 Å². The molecule has 18 heavy (non-hydrogen) atoms. The average Bonchev–Trinajstić information content (AvgIpc) is 2.43. The van der Waals surface area contributed by atoms with E-state index < -0.39 is 0 Å². The Hall–Kier alpha value is -1.55. The number of nitrogens with two attached hydrogens (primary N) is 1. The second kappa shape index (κ2) is 5.87. The quantitative estimate of drug-likeness (QED) is 0.845. The maximum Gasteiger partial charge on any atom is 0.251 e. The number of carbonyl (C=O) groups excluding carboxylic acids is 1. The number of hydrogen-bond acceptors (Lipinski definition) is 3. The van der Waals surface area contributed by atoms with Crippen molar-refractivity contribution in [2.45, 2.75) is 19.8 Å². The fraction of sp³-hybridized carbons (Fsp3) is 0.500. The Morgan fingerprint density at radius 1 is 1.56 bits per heavy atom. The Morgan fingerprint density at radius 3 is 3.17 bits per heavy atom. The molecule has 1 aromatic carbocycles. The van der Waals surface area contributed by atoms with Gasteiger partial charge in [-0.15, -0.1) is 0 Å². The van der Waals surface area contributed by atoms with Gasteiger partial charge >= 0.3 is 0 Å². The second-order valence-electron chi connectivity index (χ2n) is 4.83. The Kier molecular flexibility index (Phi) is 4.20. The van der Waals surface area contributed by atoms with Gasteiger partial charge in [0.2, 0.25) is 0 Å². The molecule has 4 nitrogen and oxygen atoms in total. The Morgan fingerprint density at radius 2 is 2.39 bits per heavy atom. The van der Waals surface area contributed by atoms with E-state index in [1.807, 2.05) is 25.1 Å². The van der Waals surface area contributed by atoms with Crippen molar-refractivity contribution < 1.29 is 9.53 Å². The summed E-state index contributed by atoms with van der Waals surface area (Å²) in [5.74, 6) is 1.17. The molecule has 1 aromatic rings. The summed E-state index contributed by atoms with van der Waals surface area (Å²) in [5.41, 5.74) is 7.34. The molecule has 0 fully saturated rings. The van der Waals surface area contributed by atoms with Crippen LogP contribution in [-0.4, -0.2) is 25.6 Å². The van der Waals surface area contributed by atoms with Crippen LogP contribution < -0.4 is 15.8 Å². The molecule has 2 rings (SSSR count). The molecule has 1 amide bonds. The number of amides is 1. The van der Waals surface area contributed by atoms with E-state index in [0.29, 0.717) is 24.6 Å². The van der Waals surface area contributed by atoms with Crippen molar-refractivity contribution in [3.8, 4) is 5.75 Å². The normalized spacial score (nSPS) is 15.4. The van der Waals surface area contributed by atoms with E-state index in [4.69, 9.17) is 10.5 Å². The number of carbonyl (C=O) groups is 1. The largest absolute Gasteiger partial charge is 0.493 e. The number of nitrogens with one attached hydrogen (secondary N) is 1. The van der Waals surface area contributed by atoms with Gasteiger partial charge in [-0.05, 0) is 49.1 Å². The van der Waals surface area contributed by atoms with Crippen molar-refractivity contribution in [3.63, 3.8) is 0 Å². The summed E-state index contributed by atoms with van der Waals surface area (Å²) in [6.45, 7) is 3.98. The summed E-state index contributed by atoms with van der Waals surface area (Å²) in [5, 5.41) is 2.90. The van der Waals surface area contributed by atoms with Gasteiger partial charge in [0.05, 0.1) is 6.61 Å². The predicted octanol–water partition coefficient (Wildman–Crippen LogP) is 1.34. The van der Waals surface area contributed by atoms with Gasteiger partial charge < -0.3 is 15.8 Å². The first-order chi connectivity index (χ1) is 8.70. The Balaban J connectivity index is 2.02. The van der Waals surface area contributed by atoms with Crippen LogP contribution in [0.2, 0.25) is 0 Å². The zero-order valence-corrected chi connectivity index (χ0v) is 10.7. The highest BCUT2D eigenvalue weighted by atomic mass is 16.5. The lowest BCUT2D eigenvalue weighted by atomic mass is 10.0. The van der Waals surface area contributed by atoms with Gasteiger partial charge in [0.25, 0.3) is 5.91 Å². The van der Waals surface area contributed by atoms with Gasteiger partial charge in [-0.25, -0.2) is 0 Å². The minimum absolute atomic E-state index is 0.0383. The molecule has 3 N–H and O–H groups in total. The molecule has 0 saturated carbocycles. The Bertz CT molecular complexity index is 432. The lowest BCUT2D eigenvalue weighted by molar-refractivity contribution is 0.0948. The molecular weight excluding hydrogens is 228 g/mol. The van der Waals surface area contributed by atoms with Crippen molar-refractivity contribution in [2.24, 2.45) is 11.7 Å². The number of aryl methyl sites for hydroxylation is 1. The highest BCUT2D eigenvalue weighted by Gasteiger charge is 2.13. The minimum Gasteiger partial charge on any atom is -0.493 e. The fourth-order valence-corrected chi connectivity index (χ4v) is 1.95. The molecule has 0 aliphatic carbocycles. The molecule has 1 aliphatic heterocycles. The number of hydrogen-bond donors (Lipinski definition) is 2. The molecule has 0 aromatic heterocycles. The summed E-state index contributed by atoms with van der Waals surface area (Å²) in [6, 6.07) is 5.62. The minimum atomic E-state index is -0.0383. The lowest BCUT2D eigenvalue weighted by Gasteiger charge is -2.18. The van der Waals surface area contributed by atoms with E-state index in [-0.39, 0.29) is 5.91 Å². The first kappa shape index (κ1) is 12.9. The van der Waals surface area contributed by atoms with Crippen molar-refractivity contribution in [2.75, 3.05) is 19.7 Å². The number of rotatable bonds is 4. The smallest absolute Gasteiger partial charge is 0.251 e. The molecule has 4 heteroatoms. The molecule has 0 radical (unpaired) electrons. The van der Waals surface area contributed by atoms with Gasteiger partial charge in [0.15, 0.2) is 0 Å². The second-order valence-corrected chi connectivity index (χ2v) is 4.83. The lowest BCUT2D eigenvalue weighted by Crippen LogP contribution is -2.31. The highest BCUT2D eigenvalue weighted by molar-refractivity contribution is 5.94. The van der Waals surface area contributed by atoms with Gasteiger partial charge in [-0.1, -0.05) is 6.92 Å². The summed E-state index contributed by atoms with van der Waals surface area (Å²) in [7, 11) is 0. The monoisotopic (exact) mass is 248 g/mol. The van der Waals surface area contributed by atoms with E-state index in [1.54, 1.807) is 0 Å². The molecule has 0 spiro atoms. The molecular formula is C14H20N2O2. The summed E-state index contributed by atoms with van der Waals surface area (Å²) in [4.78, 5) is 12.0. The van der Waals surface area contributed by atoms with Crippen LogP contribution in [0.3, 0.4) is 0 Å². The molecule has 0 bridgehead atoms. The van der Waals surface area contributed by atoms with Crippen LogP contribution in [0.15, 0.2) is 18.2 Å². The van der Waals surface area contributed by atoms with E-state index in [9.17, 15) is 4.79 Å². The van der Waals surface area contributed by atoms with Gasteiger partial charge in [0, 0.05) is 12.1 Å². The topological polar surface area (TPSA) is 64.3 Å². The molecule has 0 saturated heterocycles. The Labute approximate surface area is 108 Å². The van der Waals surface area contributed by atoms with Crippen molar-refractivity contribution in [1.29, 1.82) is 0 Å². The first-order valence-corrected chi connectivity index (χ1v) is 6.44. The van der Waals surface area contributed by atoms with Crippen molar-refractivity contribution in [1.82, 2.24) is 5.32 Å². The first-order valence-electron chi connectivity index (χ1n) is 6.44. The van der Waals surface area contributed by atoms with Crippen LogP contribution in [0.4, 0.5) is 0 Å². The maximum atomic E-state index is 12.0. The molecule has 1 unspecified atom stereocenters. The number of ether oxygens (including phenoxy) is 1. The summed E-state index contributed by atoms with van der Waals surface area (Å²) in [6.07, 6.45) is 2.00. The number of benzene rings is 1. The average molecular weight is 248 g/mol. The predicted molar refractivity (Wildman–Crippen MR) is 70.8 cm³/mol. The van der Waals surface area contributed by atoms with Crippen molar-refractivity contribution in [3.05, 3.63) is 29.3 Å². The third-order valence-electron chi connectivity index (χ3n) is 3.18. The van der Waals surface area contributed by atoms with Gasteiger partial charge in [-0.2, -0.15) is 0 Å². The van der Waals surface area contributed by atoms with Crippen LogP contribution in [0, 0.1) is 5.92 Å². The molecule has 1 atom stereocenters. The van der Waals surface area contributed by atoms with E-state index in [0.717, 1.165) is 30.8 Å². The fourth-order valence-electron chi connectivity index (χ4n) is 1.95. The third-order valence-corrected chi connectivity index (χ3v) is 3.18. The highest BCUT2D eigenvalue weighted by Crippen LogP contribution is 2.25. The van der Waals surface area contributed by atoms with Gasteiger partial charge in [-0.3, -0.25) is 4.79 Å². The molecule has 98 valence electrons.